The molecule has 1 aromatic heterocycles. The minimum atomic E-state index is 0.689. The molecule has 0 fully saturated rings. The highest BCUT2D eigenvalue weighted by Crippen LogP contribution is 2.29. The van der Waals surface area contributed by atoms with E-state index in [1.165, 1.54) is 15.8 Å². The smallest absolute Gasteiger partial charge is 0.0529 e. The maximum Gasteiger partial charge on any atom is 0.0529 e. The molecule has 1 nitrogen and oxygen atoms in total. The van der Waals surface area contributed by atoms with Crippen LogP contribution in [0.1, 0.15) is 13.8 Å². The first-order valence-corrected chi connectivity index (χ1v) is 5.85. The molecule has 0 saturated heterocycles. The van der Waals surface area contributed by atoms with Crippen molar-refractivity contribution in [3.63, 3.8) is 0 Å². The van der Waals surface area contributed by atoms with Crippen molar-refractivity contribution in [1.29, 1.82) is 0 Å². The van der Waals surface area contributed by atoms with Gasteiger partial charge in [-0.3, -0.25) is 0 Å². The third-order valence-corrected chi connectivity index (χ3v) is 3.15. The summed E-state index contributed by atoms with van der Waals surface area (Å²) in [7, 11) is 0. The van der Waals surface area contributed by atoms with E-state index in [-0.39, 0.29) is 0 Å². The van der Waals surface area contributed by atoms with Crippen molar-refractivity contribution >= 4 is 27.1 Å². The lowest BCUT2D eigenvalue weighted by molar-refractivity contribution is 0.689. The predicted octanol–water partition coefficient (Wildman–Crippen LogP) is 3.97. The summed E-state index contributed by atoms with van der Waals surface area (Å²) in [6.07, 6.45) is 0. The molecule has 0 aliphatic heterocycles. The van der Waals surface area contributed by atoms with Crippen LogP contribution in [0.15, 0.2) is 29.6 Å². The molecule has 0 bridgehead atoms. The Balaban J connectivity index is 2.25. The SMILES string of the molecule is CC(C)CNc1csc2ccccc12. The van der Waals surface area contributed by atoms with Gasteiger partial charge in [0.15, 0.2) is 0 Å². The molecule has 2 heteroatoms. The summed E-state index contributed by atoms with van der Waals surface area (Å²) >= 11 is 1.80. The second-order valence-corrected chi connectivity index (χ2v) is 4.83. The standard InChI is InChI=1S/C12H15NS/c1-9(2)7-13-11-8-14-12-6-4-3-5-10(11)12/h3-6,8-9,13H,7H2,1-2H3. The van der Waals surface area contributed by atoms with Gasteiger partial charge in [0.05, 0.1) is 5.69 Å². The average molecular weight is 205 g/mol. The molecule has 1 heterocycles. The first kappa shape index (κ1) is 9.53. The van der Waals surface area contributed by atoms with Gasteiger partial charge in [0.25, 0.3) is 0 Å². The lowest BCUT2D eigenvalue weighted by Crippen LogP contribution is -2.07. The summed E-state index contributed by atoms with van der Waals surface area (Å²) in [4.78, 5) is 0. The minimum absolute atomic E-state index is 0.689. The van der Waals surface area contributed by atoms with Crippen molar-refractivity contribution in [1.82, 2.24) is 0 Å². The first-order chi connectivity index (χ1) is 6.77. The van der Waals surface area contributed by atoms with Crippen LogP contribution in [-0.2, 0) is 0 Å². The van der Waals surface area contributed by atoms with Crippen molar-refractivity contribution < 1.29 is 0 Å². The summed E-state index contributed by atoms with van der Waals surface area (Å²) in [5.74, 6) is 0.689. The minimum Gasteiger partial charge on any atom is -0.384 e. The largest absolute Gasteiger partial charge is 0.384 e. The number of hydrogen-bond acceptors (Lipinski definition) is 2. The van der Waals surface area contributed by atoms with Crippen molar-refractivity contribution in [2.75, 3.05) is 11.9 Å². The molecule has 0 atom stereocenters. The Bertz CT molecular complexity index is 417. The number of hydrogen-bond donors (Lipinski definition) is 1. The molecule has 14 heavy (non-hydrogen) atoms. The summed E-state index contributed by atoms with van der Waals surface area (Å²) in [6, 6.07) is 8.52. The Morgan fingerprint density at radius 3 is 2.86 bits per heavy atom. The topological polar surface area (TPSA) is 12.0 Å². The van der Waals surface area contributed by atoms with Crippen molar-refractivity contribution in [2.24, 2.45) is 5.92 Å². The van der Waals surface area contributed by atoms with Crippen LogP contribution >= 0.6 is 11.3 Å². The van der Waals surface area contributed by atoms with Gasteiger partial charge in [-0.2, -0.15) is 0 Å². The molecule has 2 rings (SSSR count). The van der Waals surface area contributed by atoms with Gasteiger partial charge < -0.3 is 5.32 Å². The molecule has 0 amide bonds. The quantitative estimate of drug-likeness (QED) is 0.799. The van der Waals surface area contributed by atoms with E-state index in [1.807, 2.05) is 0 Å². The third-order valence-electron chi connectivity index (χ3n) is 2.18. The van der Waals surface area contributed by atoms with E-state index in [9.17, 15) is 0 Å². The van der Waals surface area contributed by atoms with Crippen LogP contribution < -0.4 is 5.32 Å². The number of anilines is 1. The summed E-state index contributed by atoms with van der Waals surface area (Å²) < 4.78 is 1.36. The monoisotopic (exact) mass is 205 g/mol. The third kappa shape index (κ3) is 1.90. The summed E-state index contributed by atoms with van der Waals surface area (Å²) in [6.45, 7) is 5.49. The van der Waals surface area contributed by atoms with Crippen LogP contribution in [0, 0.1) is 5.92 Å². The highest BCUT2D eigenvalue weighted by Gasteiger charge is 2.02. The Kier molecular flexibility index (Phi) is 2.73. The van der Waals surface area contributed by atoms with Crippen LogP contribution in [-0.4, -0.2) is 6.54 Å². The van der Waals surface area contributed by atoms with Crippen molar-refractivity contribution in [2.45, 2.75) is 13.8 Å². The molecular weight excluding hydrogens is 190 g/mol. The van der Waals surface area contributed by atoms with E-state index < -0.39 is 0 Å². The van der Waals surface area contributed by atoms with Crippen molar-refractivity contribution in [3.8, 4) is 0 Å². The van der Waals surface area contributed by atoms with Gasteiger partial charge in [-0.05, 0) is 12.0 Å². The van der Waals surface area contributed by atoms with Crippen LogP contribution in [0.4, 0.5) is 5.69 Å². The van der Waals surface area contributed by atoms with E-state index in [0.29, 0.717) is 5.92 Å². The second kappa shape index (κ2) is 4.01. The van der Waals surface area contributed by atoms with Crippen LogP contribution in [0.25, 0.3) is 10.1 Å². The fourth-order valence-electron chi connectivity index (χ4n) is 1.43. The highest BCUT2D eigenvalue weighted by atomic mass is 32.1. The van der Waals surface area contributed by atoms with E-state index in [0.717, 1.165) is 6.54 Å². The fraction of sp³-hybridized carbons (Fsp3) is 0.333. The first-order valence-electron chi connectivity index (χ1n) is 4.97. The molecular formula is C12H15NS. The van der Waals surface area contributed by atoms with Crippen molar-refractivity contribution in [3.05, 3.63) is 29.6 Å². The predicted molar refractivity (Wildman–Crippen MR) is 65.2 cm³/mol. The Hall–Kier alpha value is -1.02. The van der Waals surface area contributed by atoms with Gasteiger partial charge in [-0.1, -0.05) is 32.0 Å². The average Bonchev–Trinajstić information content (AvgIpc) is 2.58. The second-order valence-electron chi connectivity index (χ2n) is 3.92. The van der Waals surface area contributed by atoms with E-state index in [1.54, 1.807) is 11.3 Å². The number of rotatable bonds is 3. The molecule has 0 saturated carbocycles. The molecule has 0 spiro atoms. The van der Waals surface area contributed by atoms with Gasteiger partial charge in [-0.25, -0.2) is 0 Å². The van der Waals surface area contributed by atoms with E-state index in [2.05, 4.69) is 48.8 Å². The normalized spacial score (nSPS) is 11.1. The zero-order valence-corrected chi connectivity index (χ0v) is 9.40. The maximum absolute atomic E-state index is 3.48. The molecule has 0 aliphatic carbocycles. The molecule has 74 valence electrons. The maximum atomic E-state index is 3.48. The molecule has 1 N–H and O–H groups in total. The number of nitrogens with one attached hydrogen (secondary N) is 1. The Morgan fingerprint density at radius 1 is 1.29 bits per heavy atom. The van der Waals surface area contributed by atoms with Crippen LogP contribution in [0.2, 0.25) is 0 Å². The van der Waals surface area contributed by atoms with E-state index >= 15 is 0 Å². The lowest BCUT2D eigenvalue weighted by atomic mass is 10.2. The van der Waals surface area contributed by atoms with Gasteiger partial charge in [-0.15, -0.1) is 11.3 Å². The zero-order valence-electron chi connectivity index (χ0n) is 8.58. The summed E-state index contributed by atoms with van der Waals surface area (Å²) in [5, 5.41) is 7.02. The number of thiophene rings is 1. The van der Waals surface area contributed by atoms with E-state index in [4.69, 9.17) is 0 Å². The summed E-state index contributed by atoms with van der Waals surface area (Å²) in [5.41, 5.74) is 1.28. The number of fused-ring (bicyclic) bond motifs is 1. The number of benzene rings is 1. The van der Waals surface area contributed by atoms with Gasteiger partial charge in [0, 0.05) is 22.0 Å². The Labute approximate surface area is 88.8 Å². The molecule has 0 aliphatic rings. The molecule has 0 radical (unpaired) electrons. The molecule has 1 aromatic carbocycles. The van der Waals surface area contributed by atoms with Gasteiger partial charge in [0.1, 0.15) is 0 Å². The molecule has 0 unspecified atom stereocenters. The van der Waals surface area contributed by atoms with Crippen LogP contribution in [0.5, 0.6) is 0 Å². The molecule has 2 aromatic rings. The Morgan fingerprint density at radius 2 is 2.07 bits per heavy atom. The van der Waals surface area contributed by atoms with Gasteiger partial charge in [0.2, 0.25) is 0 Å². The highest BCUT2D eigenvalue weighted by molar-refractivity contribution is 7.17. The zero-order chi connectivity index (χ0) is 9.97. The van der Waals surface area contributed by atoms with Gasteiger partial charge >= 0.3 is 0 Å². The van der Waals surface area contributed by atoms with Crippen LogP contribution in [0.3, 0.4) is 0 Å². The lowest BCUT2D eigenvalue weighted by Gasteiger charge is -2.07. The fourth-order valence-corrected chi connectivity index (χ4v) is 2.35.